The van der Waals surface area contributed by atoms with Gasteiger partial charge in [0.05, 0.1) is 12.8 Å². The molecule has 0 aliphatic rings. The van der Waals surface area contributed by atoms with Crippen LogP contribution in [0.2, 0.25) is 0 Å². The van der Waals surface area contributed by atoms with Crippen molar-refractivity contribution in [1.82, 2.24) is 19.9 Å². The van der Waals surface area contributed by atoms with Gasteiger partial charge in [-0.15, -0.1) is 0 Å². The van der Waals surface area contributed by atoms with E-state index in [0.29, 0.717) is 17.4 Å². The number of hydrogen-bond donors (Lipinski definition) is 0. The van der Waals surface area contributed by atoms with Gasteiger partial charge in [0.1, 0.15) is 0 Å². The average Bonchev–Trinajstić information content (AvgIpc) is 2.47. The fourth-order valence-electron chi connectivity index (χ4n) is 1.88. The van der Waals surface area contributed by atoms with Crippen molar-refractivity contribution in [3.05, 3.63) is 42.4 Å². The van der Waals surface area contributed by atoms with Crippen molar-refractivity contribution in [2.24, 2.45) is 0 Å². The molecule has 5 nitrogen and oxygen atoms in total. The van der Waals surface area contributed by atoms with Gasteiger partial charge >= 0.3 is 0 Å². The highest BCUT2D eigenvalue weighted by atomic mass is 16.5. The lowest BCUT2D eigenvalue weighted by molar-refractivity contribution is 0.398. The molecule has 0 atom stereocenters. The maximum Gasteiger partial charge on any atom is 0.212 e. The Morgan fingerprint density at radius 3 is 2.68 bits per heavy atom. The number of nitrogens with zero attached hydrogens (tertiary/aromatic N) is 4. The molecule has 0 N–H and O–H groups in total. The van der Waals surface area contributed by atoms with Crippen molar-refractivity contribution in [3.8, 4) is 17.3 Å². The van der Waals surface area contributed by atoms with Crippen LogP contribution < -0.4 is 4.74 Å². The molecular formula is C14H12N4O. The molecule has 94 valence electrons. The van der Waals surface area contributed by atoms with E-state index in [9.17, 15) is 0 Å². The smallest absolute Gasteiger partial charge is 0.212 e. The van der Waals surface area contributed by atoms with Gasteiger partial charge in [0.15, 0.2) is 11.5 Å². The van der Waals surface area contributed by atoms with Gasteiger partial charge in [0.2, 0.25) is 5.88 Å². The molecule has 0 spiro atoms. The maximum atomic E-state index is 5.03. The van der Waals surface area contributed by atoms with Crippen LogP contribution in [0.3, 0.4) is 0 Å². The Kier molecular flexibility index (Phi) is 2.79. The highest BCUT2D eigenvalue weighted by Crippen LogP contribution is 2.20. The van der Waals surface area contributed by atoms with E-state index in [-0.39, 0.29) is 0 Å². The minimum absolute atomic E-state index is 0.569. The summed E-state index contributed by atoms with van der Waals surface area (Å²) < 4.78 is 5.03. The van der Waals surface area contributed by atoms with Crippen LogP contribution in [0.15, 0.2) is 36.7 Å². The predicted molar refractivity (Wildman–Crippen MR) is 71.9 cm³/mol. The van der Waals surface area contributed by atoms with E-state index in [4.69, 9.17) is 4.74 Å². The number of fused-ring (bicyclic) bond motifs is 1. The summed E-state index contributed by atoms with van der Waals surface area (Å²) in [4.78, 5) is 17.4. The van der Waals surface area contributed by atoms with Gasteiger partial charge in [-0.25, -0.2) is 19.9 Å². The third kappa shape index (κ3) is 2.10. The molecule has 0 fully saturated rings. The van der Waals surface area contributed by atoms with Crippen LogP contribution >= 0.6 is 0 Å². The van der Waals surface area contributed by atoms with Crippen molar-refractivity contribution in [2.75, 3.05) is 7.11 Å². The molecule has 19 heavy (non-hydrogen) atoms. The second-order valence-electron chi connectivity index (χ2n) is 4.10. The third-order valence-electron chi connectivity index (χ3n) is 2.87. The lowest BCUT2D eigenvalue weighted by Gasteiger charge is -2.05. The molecule has 0 aliphatic heterocycles. The summed E-state index contributed by atoms with van der Waals surface area (Å²) in [6.45, 7) is 1.95. The predicted octanol–water partition coefficient (Wildman–Crippen LogP) is 2.40. The van der Waals surface area contributed by atoms with Crippen LogP contribution in [0.25, 0.3) is 22.4 Å². The number of rotatable bonds is 2. The first kappa shape index (κ1) is 11.5. The van der Waals surface area contributed by atoms with E-state index in [1.165, 1.54) is 0 Å². The molecule has 0 radical (unpaired) electrons. The van der Waals surface area contributed by atoms with Crippen LogP contribution in [-0.2, 0) is 0 Å². The molecule has 3 aromatic heterocycles. The first-order valence-electron chi connectivity index (χ1n) is 5.88. The molecule has 0 aliphatic carbocycles. The SMILES string of the molecule is COc1ccc(-c2nc(C)c3cccnc3n2)cn1. The molecule has 0 unspecified atom stereocenters. The van der Waals surface area contributed by atoms with Gasteiger partial charge < -0.3 is 4.74 Å². The number of hydrogen-bond acceptors (Lipinski definition) is 5. The van der Waals surface area contributed by atoms with Crippen LogP contribution in [0.5, 0.6) is 5.88 Å². The summed E-state index contributed by atoms with van der Waals surface area (Å²) in [5.74, 6) is 1.19. The summed E-state index contributed by atoms with van der Waals surface area (Å²) in [6, 6.07) is 7.52. The second-order valence-corrected chi connectivity index (χ2v) is 4.10. The van der Waals surface area contributed by atoms with E-state index in [2.05, 4.69) is 19.9 Å². The lowest BCUT2D eigenvalue weighted by Crippen LogP contribution is -1.96. The fourth-order valence-corrected chi connectivity index (χ4v) is 1.88. The zero-order valence-electron chi connectivity index (χ0n) is 10.7. The minimum Gasteiger partial charge on any atom is -0.481 e. The van der Waals surface area contributed by atoms with E-state index in [1.54, 1.807) is 25.6 Å². The van der Waals surface area contributed by atoms with E-state index >= 15 is 0 Å². The summed E-state index contributed by atoms with van der Waals surface area (Å²) in [7, 11) is 1.59. The molecule has 0 saturated carbocycles. The summed E-state index contributed by atoms with van der Waals surface area (Å²) in [5.41, 5.74) is 2.45. The normalized spacial score (nSPS) is 10.6. The first-order chi connectivity index (χ1) is 9.28. The topological polar surface area (TPSA) is 60.8 Å². The van der Waals surface area contributed by atoms with E-state index in [0.717, 1.165) is 16.6 Å². The molecule has 0 bridgehead atoms. The van der Waals surface area contributed by atoms with Gasteiger partial charge in [-0.05, 0) is 25.1 Å². The highest BCUT2D eigenvalue weighted by molar-refractivity contribution is 5.78. The third-order valence-corrected chi connectivity index (χ3v) is 2.87. The second kappa shape index (κ2) is 4.61. The molecule has 3 heterocycles. The molecule has 5 heteroatoms. The first-order valence-corrected chi connectivity index (χ1v) is 5.88. The fraction of sp³-hybridized carbons (Fsp3) is 0.143. The summed E-state index contributed by atoms with van der Waals surface area (Å²) in [6.07, 6.45) is 3.42. The van der Waals surface area contributed by atoms with Crippen LogP contribution in [0.4, 0.5) is 0 Å². The average molecular weight is 252 g/mol. The Balaban J connectivity index is 2.14. The van der Waals surface area contributed by atoms with Crippen molar-refractivity contribution in [1.29, 1.82) is 0 Å². The van der Waals surface area contributed by atoms with Gasteiger partial charge in [-0.1, -0.05) is 0 Å². The minimum atomic E-state index is 0.569. The molecular weight excluding hydrogens is 240 g/mol. The Bertz CT molecular complexity index is 725. The zero-order valence-corrected chi connectivity index (χ0v) is 10.7. The quantitative estimate of drug-likeness (QED) is 0.700. The number of pyridine rings is 2. The lowest BCUT2D eigenvalue weighted by atomic mass is 10.2. The van der Waals surface area contributed by atoms with Crippen LogP contribution in [0.1, 0.15) is 5.69 Å². The summed E-state index contributed by atoms with van der Waals surface area (Å²) in [5, 5.41) is 0.965. The van der Waals surface area contributed by atoms with Crippen molar-refractivity contribution < 1.29 is 4.74 Å². The molecule has 3 aromatic rings. The number of methoxy groups -OCH3 is 1. The largest absolute Gasteiger partial charge is 0.481 e. The Labute approximate surface area is 110 Å². The number of aromatic nitrogens is 4. The Morgan fingerprint density at radius 2 is 1.95 bits per heavy atom. The maximum absolute atomic E-state index is 5.03. The van der Waals surface area contributed by atoms with Gasteiger partial charge in [-0.3, -0.25) is 0 Å². The molecule has 0 saturated heterocycles. The van der Waals surface area contributed by atoms with Crippen molar-refractivity contribution >= 4 is 11.0 Å². The highest BCUT2D eigenvalue weighted by Gasteiger charge is 2.07. The zero-order chi connectivity index (χ0) is 13.2. The van der Waals surface area contributed by atoms with Gasteiger partial charge in [-0.2, -0.15) is 0 Å². The van der Waals surface area contributed by atoms with Crippen molar-refractivity contribution in [3.63, 3.8) is 0 Å². The van der Waals surface area contributed by atoms with Crippen molar-refractivity contribution in [2.45, 2.75) is 6.92 Å². The van der Waals surface area contributed by atoms with E-state index < -0.39 is 0 Å². The Morgan fingerprint density at radius 1 is 1.05 bits per heavy atom. The van der Waals surface area contributed by atoms with Gasteiger partial charge in [0.25, 0.3) is 0 Å². The van der Waals surface area contributed by atoms with Crippen LogP contribution in [0, 0.1) is 6.92 Å². The molecule has 0 amide bonds. The van der Waals surface area contributed by atoms with Gasteiger partial charge in [0, 0.05) is 29.4 Å². The van der Waals surface area contributed by atoms with E-state index in [1.807, 2.05) is 25.1 Å². The molecule has 0 aromatic carbocycles. The standard InChI is InChI=1S/C14H12N4O/c1-9-11-4-3-7-15-14(11)18-13(17-9)10-5-6-12(19-2)16-8-10/h3-8H,1-2H3. The number of aryl methyl sites for hydroxylation is 1. The molecule has 3 rings (SSSR count). The summed E-state index contributed by atoms with van der Waals surface area (Å²) >= 11 is 0. The van der Waals surface area contributed by atoms with Crippen LogP contribution in [-0.4, -0.2) is 27.0 Å². The monoisotopic (exact) mass is 252 g/mol. The number of ether oxygens (including phenoxy) is 1. The Hall–Kier alpha value is -2.56.